The molecule has 1 saturated heterocycles. The van der Waals surface area contributed by atoms with Gasteiger partial charge in [0.05, 0.1) is 24.3 Å². The zero-order chi connectivity index (χ0) is 16.8. The fourth-order valence-corrected chi connectivity index (χ4v) is 2.81. The van der Waals surface area contributed by atoms with Crippen LogP contribution in [0, 0.1) is 5.92 Å². The van der Waals surface area contributed by atoms with Crippen LogP contribution in [0.25, 0.3) is 0 Å². The van der Waals surface area contributed by atoms with E-state index in [0.717, 1.165) is 13.0 Å². The monoisotopic (exact) mass is 320 g/mol. The molecule has 0 radical (unpaired) electrons. The number of likely N-dealkylation sites (tertiary alicyclic amines) is 1. The van der Waals surface area contributed by atoms with E-state index < -0.39 is 11.9 Å². The number of ether oxygens (including phenoxy) is 1. The van der Waals surface area contributed by atoms with E-state index in [-0.39, 0.29) is 11.9 Å². The number of hydrogen-bond acceptors (Lipinski definition) is 4. The Labute approximate surface area is 136 Å². The summed E-state index contributed by atoms with van der Waals surface area (Å²) in [5.41, 5.74) is 0.637. The van der Waals surface area contributed by atoms with Crippen LogP contribution in [0.3, 0.4) is 0 Å². The molecule has 2 unspecified atom stereocenters. The Bertz CT molecular complexity index is 561. The van der Waals surface area contributed by atoms with Gasteiger partial charge in [0.15, 0.2) is 0 Å². The number of para-hydroxylation sites is 2. The summed E-state index contributed by atoms with van der Waals surface area (Å²) in [5.74, 6) is -0.695. The number of carboxylic acids is 1. The Morgan fingerprint density at radius 1 is 1.43 bits per heavy atom. The highest BCUT2D eigenvalue weighted by molar-refractivity contribution is 5.95. The van der Waals surface area contributed by atoms with Crippen LogP contribution in [0.1, 0.15) is 26.7 Å². The van der Waals surface area contributed by atoms with Crippen molar-refractivity contribution in [3.8, 4) is 5.75 Å². The molecule has 6 heteroatoms. The second-order valence-corrected chi connectivity index (χ2v) is 5.77. The summed E-state index contributed by atoms with van der Waals surface area (Å²) < 4.78 is 5.51. The summed E-state index contributed by atoms with van der Waals surface area (Å²) in [4.78, 5) is 25.6. The van der Waals surface area contributed by atoms with Gasteiger partial charge < -0.3 is 15.2 Å². The van der Waals surface area contributed by atoms with Crippen molar-refractivity contribution in [2.75, 3.05) is 25.0 Å². The summed E-state index contributed by atoms with van der Waals surface area (Å²) in [6.45, 7) is 5.38. The first-order valence-corrected chi connectivity index (χ1v) is 8.02. The van der Waals surface area contributed by atoms with Crippen LogP contribution in [-0.4, -0.2) is 47.6 Å². The van der Waals surface area contributed by atoms with Crippen molar-refractivity contribution in [3.63, 3.8) is 0 Å². The molecule has 1 heterocycles. The normalized spacial score (nSPS) is 19.8. The van der Waals surface area contributed by atoms with E-state index in [9.17, 15) is 9.59 Å². The van der Waals surface area contributed by atoms with Crippen LogP contribution in [-0.2, 0) is 9.59 Å². The second-order valence-electron chi connectivity index (χ2n) is 5.77. The zero-order valence-electron chi connectivity index (χ0n) is 13.6. The predicted molar refractivity (Wildman–Crippen MR) is 87.6 cm³/mol. The van der Waals surface area contributed by atoms with Gasteiger partial charge >= 0.3 is 5.97 Å². The molecule has 1 aliphatic heterocycles. The van der Waals surface area contributed by atoms with Crippen LogP contribution >= 0.6 is 0 Å². The van der Waals surface area contributed by atoms with Gasteiger partial charge in [0.2, 0.25) is 5.91 Å². The van der Waals surface area contributed by atoms with E-state index in [0.29, 0.717) is 31.0 Å². The number of anilines is 1. The smallest absolute Gasteiger partial charge is 0.307 e. The van der Waals surface area contributed by atoms with Crippen molar-refractivity contribution in [1.29, 1.82) is 0 Å². The third-order valence-corrected chi connectivity index (χ3v) is 4.17. The number of carbonyl (C=O) groups is 2. The number of benzene rings is 1. The quantitative estimate of drug-likeness (QED) is 0.840. The topological polar surface area (TPSA) is 78.9 Å². The van der Waals surface area contributed by atoms with Crippen molar-refractivity contribution >= 4 is 17.6 Å². The Kier molecular flexibility index (Phi) is 5.98. The van der Waals surface area contributed by atoms with Crippen LogP contribution in [0.2, 0.25) is 0 Å². The summed E-state index contributed by atoms with van der Waals surface area (Å²) in [5, 5.41) is 12.0. The number of carboxylic acid groups (broad SMARTS) is 1. The molecule has 1 amide bonds. The Hall–Kier alpha value is -2.08. The molecule has 2 rings (SSSR count). The molecular weight excluding hydrogens is 296 g/mol. The van der Waals surface area contributed by atoms with Crippen LogP contribution in [0.5, 0.6) is 5.75 Å². The molecule has 6 nitrogen and oxygen atoms in total. The standard InChI is InChI=1S/C17H24N2O4/c1-3-23-15-9-5-4-8-14(15)18-16(20)12(2)19-10-6-7-13(11-19)17(21)22/h4-5,8-9,12-13H,3,6-7,10-11H2,1-2H3,(H,18,20)(H,21,22). The van der Waals surface area contributed by atoms with Crippen molar-refractivity contribution in [3.05, 3.63) is 24.3 Å². The lowest BCUT2D eigenvalue weighted by atomic mass is 9.97. The van der Waals surface area contributed by atoms with E-state index in [1.54, 1.807) is 6.07 Å². The van der Waals surface area contributed by atoms with E-state index in [1.165, 1.54) is 0 Å². The van der Waals surface area contributed by atoms with Gasteiger partial charge in [-0.15, -0.1) is 0 Å². The van der Waals surface area contributed by atoms with E-state index in [1.807, 2.05) is 36.9 Å². The molecule has 1 aliphatic rings. The molecule has 0 aromatic heterocycles. The number of aliphatic carboxylic acids is 1. The third-order valence-electron chi connectivity index (χ3n) is 4.17. The van der Waals surface area contributed by atoms with Gasteiger partial charge in [0.25, 0.3) is 0 Å². The lowest BCUT2D eigenvalue weighted by Gasteiger charge is -2.34. The third kappa shape index (κ3) is 4.45. The molecule has 0 spiro atoms. The fourth-order valence-electron chi connectivity index (χ4n) is 2.81. The van der Waals surface area contributed by atoms with Crippen molar-refractivity contribution < 1.29 is 19.4 Å². The molecule has 1 aromatic rings. The minimum atomic E-state index is -0.788. The highest BCUT2D eigenvalue weighted by atomic mass is 16.5. The molecule has 126 valence electrons. The van der Waals surface area contributed by atoms with Gasteiger partial charge in [-0.05, 0) is 45.4 Å². The summed E-state index contributed by atoms with van der Waals surface area (Å²) in [7, 11) is 0. The molecule has 2 atom stereocenters. The molecule has 0 aliphatic carbocycles. The molecular formula is C17H24N2O4. The lowest BCUT2D eigenvalue weighted by molar-refractivity contribution is -0.144. The first kappa shape index (κ1) is 17.3. The van der Waals surface area contributed by atoms with Gasteiger partial charge in [0.1, 0.15) is 5.75 Å². The average Bonchev–Trinajstić information content (AvgIpc) is 2.56. The Morgan fingerprint density at radius 2 is 2.17 bits per heavy atom. The molecule has 0 bridgehead atoms. The largest absolute Gasteiger partial charge is 0.492 e. The number of nitrogens with one attached hydrogen (secondary N) is 1. The van der Waals surface area contributed by atoms with Gasteiger partial charge in [0, 0.05) is 6.54 Å². The highest BCUT2D eigenvalue weighted by Gasteiger charge is 2.30. The number of piperidine rings is 1. The molecule has 0 saturated carbocycles. The SMILES string of the molecule is CCOc1ccccc1NC(=O)C(C)N1CCCC(C(=O)O)C1. The second kappa shape index (κ2) is 7.97. The predicted octanol–water partition coefficient (Wildman–Crippen LogP) is 2.21. The van der Waals surface area contributed by atoms with Crippen molar-refractivity contribution in [2.24, 2.45) is 5.92 Å². The van der Waals surface area contributed by atoms with E-state index in [4.69, 9.17) is 9.84 Å². The van der Waals surface area contributed by atoms with Crippen molar-refractivity contribution in [1.82, 2.24) is 4.90 Å². The first-order chi connectivity index (χ1) is 11.0. The lowest BCUT2D eigenvalue weighted by Crippen LogP contribution is -2.48. The Balaban J connectivity index is 2.01. The van der Waals surface area contributed by atoms with Crippen molar-refractivity contribution in [2.45, 2.75) is 32.7 Å². The van der Waals surface area contributed by atoms with E-state index in [2.05, 4.69) is 5.32 Å². The molecule has 2 N–H and O–H groups in total. The maximum atomic E-state index is 12.5. The molecule has 1 aromatic carbocycles. The van der Waals surface area contributed by atoms with Crippen LogP contribution in [0.4, 0.5) is 5.69 Å². The molecule has 23 heavy (non-hydrogen) atoms. The van der Waals surface area contributed by atoms with Crippen LogP contribution < -0.4 is 10.1 Å². The van der Waals surface area contributed by atoms with Gasteiger partial charge in [-0.2, -0.15) is 0 Å². The maximum absolute atomic E-state index is 12.5. The highest BCUT2D eigenvalue weighted by Crippen LogP contribution is 2.25. The number of amides is 1. The average molecular weight is 320 g/mol. The number of nitrogens with zero attached hydrogens (tertiary/aromatic N) is 1. The zero-order valence-corrected chi connectivity index (χ0v) is 13.6. The minimum absolute atomic E-state index is 0.150. The minimum Gasteiger partial charge on any atom is -0.492 e. The van der Waals surface area contributed by atoms with Gasteiger partial charge in [-0.3, -0.25) is 14.5 Å². The number of rotatable bonds is 6. The maximum Gasteiger partial charge on any atom is 0.307 e. The summed E-state index contributed by atoms with van der Waals surface area (Å²) >= 11 is 0. The summed E-state index contributed by atoms with van der Waals surface area (Å²) in [6, 6.07) is 6.92. The number of carbonyl (C=O) groups excluding carboxylic acids is 1. The van der Waals surface area contributed by atoms with E-state index >= 15 is 0 Å². The van der Waals surface area contributed by atoms with Gasteiger partial charge in [-0.25, -0.2) is 0 Å². The van der Waals surface area contributed by atoms with Crippen LogP contribution in [0.15, 0.2) is 24.3 Å². The summed E-state index contributed by atoms with van der Waals surface area (Å²) in [6.07, 6.45) is 1.47. The fraction of sp³-hybridized carbons (Fsp3) is 0.529. The number of hydrogen-bond donors (Lipinski definition) is 2. The Morgan fingerprint density at radius 3 is 2.87 bits per heavy atom. The molecule has 1 fully saturated rings. The first-order valence-electron chi connectivity index (χ1n) is 8.02. The van der Waals surface area contributed by atoms with Gasteiger partial charge in [-0.1, -0.05) is 12.1 Å².